The van der Waals surface area contributed by atoms with Crippen LogP contribution in [0.3, 0.4) is 0 Å². The van der Waals surface area contributed by atoms with Crippen LogP contribution in [0.15, 0.2) is 66.7 Å². The van der Waals surface area contributed by atoms with E-state index in [4.69, 9.17) is 14.5 Å². The molecule has 0 saturated carbocycles. The Balaban J connectivity index is 2.04. The monoisotopic (exact) mass is 368 g/mol. The molecule has 4 heteroatoms. The molecule has 5 aromatic rings. The molecule has 28 heavy (non-hydrogen) atoms. The van der Waals surface area contributed by atoms with Gasteiger partial charge in [0.2, 0.25) is 0 Å². The topological polar surface area (TPSA) is 36.3 Å². The number of para-hydroxylation sites is 2. The third kappa shape index (κ3) is 2.28. The highest BCUT2D eigenvalue weighted by Gasteiger charge is 2.19. The summed E-state index contributed by atoms with van der Waals surface area (Å²) in [6.07, 6.45) is 0. The second-order valence-electron chi connectivity index (χ2n) is 6.83. The van der Waals surface area contributed by atoms with Crippen LogP contribution in [0, 0.1) is 6.92 Å². The average molecular weight is 368 g/mol. The van der Waals surface area contributed by atoms with Crippen molar-refractivity contribution in [3.8, 4) is 17.2 Å². The van der Waals surface area contributed by atoms with Crippen LogP contribution in [0.25, 0.3) is 38.4 Å². The Bertz CT molecular complexity index is 1350. The maximum Gasteiger partial charge on any atom is 0.146 e. The lowest BCUT2D eigenvalue weighted by atomic mass is 10.1. The van der Waals surface area contributed by atoms with Gasteiger partial charge >= 0.3 is 0 Å². The summed E-state index contributed by atoms with van der Waals surface area (Å²) in [5, 5.41) is 3.48. The van der Waals surface area contributed by atoms with Crippen LogP contribution in [0.4, 0.5) is 0 Å². The van der Waals surface area contributed by atoms with Crippen LogP contribution in [0.5, 0.6) is 11.5 Å². The van der Waals surface area contributed by atoms with E-state index >= 15 is 0 Å². The summed E-state index contributed by atoms with van der Waals surface area (Å²) in [4.78, 5) is 4.87. The van der Waals surface area contributed by atoms with Gasteiger partial charge in [-0.25, -0.2) is 0 Å². The molecule has 0 fully saturated rings. The molecule has 0 N–H and O–H groups in total. The highest BCUT2D eigenvalue weighted by atomic mass is 16.5. The predicted octanol–water partition coefficient (Wildman–Crippen LogP) is 5.66. The molecular formula is C24H20N2O2. The van der Waals surface area contributed by atoms with Crippen LogP contribution in [0.1, 0.15) is 5.69 Å². The van der Waals surface area contributed by atoms with Gasteiger partial charge in [0.15, 0.2) is 0 Å². The van der Waals surface area contributed by atoms with Gasteiger partial charge in [-0.15, -0.1) is 0 Å². The number of aromatic nitrogens is 2. The highest BCUT2D eigenvalue weighted by molar-refractivity contribution is 6.18. The van der Waals surface area contributed by atoms with E-state index in [9.17, 15) is 0 Å². The van der Waals surface area contributed by atoms with Crippen LogP contribution in [0.2, 0.25) is 0 Å². The molecule has 0 aliphatic carbocycles. The summed E-state index contributed by atoms with van der Waals surface area (Å²) in [6.45, 7) is 2.08. The molecule has 0 aliphatic heterocycles. The number of methoxy groups -OCH3 is 2. The lowest BCUT2D eigenvalue weighted by molar-refractivity contribution is 0.393. The molecule has 0 spiro atoms. The summed E-state index contributed by atoms with van der Waals surface area (Å²) >= 11 is 0. The summed E-state index contributed by atoms with van der Waals surface area (Å²) in [5.41, 5.74) is 5.26. The molecule has 2 aromatic heterocycles. The number of ether oxygens (including phenoxy) is 2. The van der Waals surface area contributed by atoms with E-state index < -0.39 is 0 Å². The Morgan fingerprint density at radius 2 is 1.57 bits per heavy atom. The van der Waals surface area contributed by atoms with Crippen molar-refractivity contribution in [1.82, 2.24) is 9.55 Å². The standard InChI is InChI=1S/C24H20N2O2/c1-15-23-18-9-5-7-11-20(18)26(21-13-12-16(27-2)14-22(21)28-3)24(23)17-8-4-6-10-19(17)25-15/h4-14H,1-3H3. The van der Waals surface area contributed by atoms with Crippen LogP contribution < -0.4 is 9.47 Å². The van der Waals surface area contributed by atoms with Gasteiger partial charge in [-0.2, -0.15) is 0 Å². The fraction of sp³-hybridized carbons (Fsp3) is 0.125. The number of benzene rings is 3. The van der Waals surface area contributed by atoms with Gasteiger partial charge < -0.3 is 14.0 Å². The molecule has 0 saturated heterocycles. The van der Waals surface area contributed by atoms with Crippen LogP contribution in [-0.4, -0.2) is 23.8 Å². The largest absolute Gasteiger partial charge is 0.497 e. The van der Waals surface area contributed by atoms with Crippen molar-refractivity contribution in [3.05, 3.63) is 72.4 Å². The number of hydrogen-bond acceptors (Lipinski definition) is 3. The van der Waals surface area contributed by atoms with Crippen molar-refractivity contribution < 1.29 is 9.47 Å². The van der Waals surface area contributed by atoms with Gasteiger partial charge in [-0.3, -0.25) is 4.98 Å². The summed E-state index contributed by atoms with van der Waals surface area (Å²) < 4.78 is 13.4. The second kappa shape index (κ2) is 6.27. The first-order valence-electron chi connectivity index (χ1n) is 9.24. The Morgan fingerprint density at radius 1 is 0.821 bits per heavy atom. The number of nitrogens with zero attached hydrogens (tertiary/aromatic N) is 2. The molecule has 0 unspecified atom stereocenters. The van der Waals surface area contributed by atoms with E-state index in [1.807, 2.05) is 24.3 Å². The Kier molecular flexibility index (Phi) is 3.72. The number of fused-ring (bicyclic) bond motifs is 5. The number of pyridine rings is 1. The maximum absolute atomic E-state index is 5.74. The van der Waals surface area contributed by atoms with E-state index in [1.165, 1.54) is 10.8 Å². The normalized spacial score (nSPS) is 11.4. The first kappa shape index (κ1) is 16.6. The Hall–Kier alpha value is -3.53. The maximum atomic E-state index is 5.74. The fourth-order valence-electron chi connectivity index (χ4n) is 4.09. The van der Waals surface area contributed by atoms with Crippen LogP contribution >= 0.6 is 0 Å². The van der Waals surface area contributed by atoms with Crippen molar-refractivity contribution in [2.75, 3.05) is 14.2 Å². The van der Waals surface area contributed by atoms with E-state index in [1.54, 1.807) is 14.2 Å². The lowest BCUT2D eigenvalue weighted by Crippen LogP contribution is -1.99. The lowest BCUT2D eigenvalue weighted by Gasteiger charge is -2.15. The van der Waals surface area contributed by atoms with Gasteiger partial charge in [0.1, 0.15) is 11.5 Å². The minimum absolute atomic E-state index is 0.764. The van der Waals surface area contributed by atoms with Crippen LogP contribution in [-0.2, 0) is 0 Å². The Labute approximate surface area is 162 Å². The van der Waals surface area contributed by atoms with Crippen molar-refractivity contribution in [2.24, 2.45) is 0 Å². The van der Waals surface area contributed by atoms with Gasteiger partial charge in [-0.1, -0.05) is 36.4 Å². The summed E-state index contributed by atoms with van der Waals surface area (Å²) in [5.74, 6) is 1.53. The summed E-state index contributed by atoms with van der Waals surface area (Å²) in [6, 6.07) is 22.7. The Morgan fingerprint density at radius 3 is 2.36 bits per heavy atom. The predicted molar refractivity (Wildman–Crippen MR) is 114 cm³/mol. The minimum Gasteiger partial charge on any atom is -0.497 e. The molecule has 3 aromatic carbocycles. The van der Waals surface area contributed by atoms with E-state index in [0.717, 1.165) is 44.8 Å². The third-order valence-corrected chi connectivity index (χ3v) is 5.31. The molecule has 0 bridgehead atoms. The number of hydrogen-bond donors (Lipinski definition) is 0. The second-order valence-corrected chi connectivity index (χ2v) is 6.83. The minimum atomic E-state index is 0.764. The molecule has 0 atom stereocenters. The molecule has 138 valence electrons. The van der Waals surface area contributed by atoms with Crippen molar-refractivity contribution in [3.63, 3.8) is 0 Å². The molecule has 0 radical (unpaired) electrons. The van der Waals surface area contributed by atoms with Crippen molar-refractivity contribution in [2.45, 2.75) is 6.92 Å². The first-order chi connectivity index (χ1) is 13.7. The third-order valence-electron chi connectivity index (χ3n) is 5.31. The highest BCUT2D eigenvalue weighted by Crippen LogP contribution is 2.40. The smallest absolute Gasteiger partial charge is 0.146 e. The SMILES string of the molecule is COc1ccc(-n2c3ccccc3c3c(C)nc4ccccc4c32)c(OC)c1. The van der Waals surface area contributed by atoms with E-state index in [-0.39, 0.29) is 0 Å². The van der Waals surface area contributed by atoms with Gasteiger partial charge in [0, 0.05) is 27.9 Å². The molecule has 4 nitrogen and oxygen atoms in total. The quantitative estimate of drug-likeness (QED) is 0.412. The van der Waals surface area contributed by atoms with Crippen molar-refractivity contribution >= 4 is 32.7 Å². The molecule has 0 amide bonds. The zero-order chi connectivity index (χ0) is 19.3. The fourth-order valence-corrected chi connectivity index (χ4v) is 4.09. The molecular weight excluding hydrogens is 348 g/mol. The first-order valence-corrected chi connectivity index (χ1v) is 9.24. The van der Waals surface area contributed by atoms with Gasteiger partial charge in [0.25, 0.3) is 0 Å². The number of rotatable bonds is 3. The number of aryl methyl sites for hydroxylation is 1. The zero-order valence-corrected chi connectivity index (χ0v) is 16.1. The zero-order valence-electron chi connectivity index (χ0n) is 16.1. The van der Waals surface area contributed by atoms with Crippen molar-refractivity contribution in [1.29, 1.82) is 0 Å². The van der Waals surface area contributed by atoms with Gasteiger partial charge in [-0.05, 0) is 31.2 Å². The van der Waals surface area contributed by atoms with E-state index in [0.29, 0.717) is 0 Å². The molecule has 0 aliphatic rings. The van der Waals surface area contributed by atoms with Gasteiger partial charge in [0.05, 0.1) is 36.5 Å². The average Bonchev–Trinajstić information content (AvgIpc) is 3.09. The molecule has 2 heterocycles. The molecule has 5 rings (SSSR count). The van der Waals surface area contributed by atoms with E-state index in [2.05, 4.69) is 54.0 Å². The summed E-state index contributed by atoms with van der Waals surface area (Å²) in [7, 11) is 3.36.